The molecule has 1 fully saturated rings. The van der Waals surface area contributed by atoms with Gasteiger partial charge in [0, 0.05) is 0 Å². The standard InChI is InChI=1S/C5H12N2O/c1-2-5(7-6)3-8-4-5/h7H,2-4,6H2,1H3. The highest BCUT2D eigenvalue weighted by Gasteiger charge is 2.35. The Hall–Kier alpha value is -0.120. The smallest absolute Gasteiger partial charge is 0.0784 e. The van der Waals surface area contributed by atoms with Crippen LogP contribution in [0.4, 0.5) is 0 Å². The first-order chi connectivity index (χ1) is 3.83. The van der Waals surface area contributed by atoms with Crippen LogP contribution in [0.2, 0.25) is 0 Å². The second kappa shape index (κ2) is 2.01. The van der Waals surface area contributed by atoms with Crippen molar-refractivity contribution in [1.82, 2.24) is 5.43 Å². The van der Waals surface area contributed by atoms with Gasteiger partial charge in [-0.3, -0.25) is 5.84 Å². The molecule has 1 saturated heterocycles. The first kappa shape index (κ1) is 6.01. The maximum Gasteiger partial charge on any atom is 0.0784 e. The van der Waals surface area contributed by atoms with E-state index in [1.54, 1.807) is 0 Å². The third kappa shape index (κ3) is 0.727. The molecule has 0 saturated carbocycles. The van der Waals surface area contributed by atoms with Gasteiger partial charge < -0.3 is 4.74 Å². The second-order valence-electron chi connectivity index (χ2n) is 2.27. The molecule has 1 heterocycles. The molecule has 0 bridgehead atoms. The number of hydrogen-bond acceptors (Lipinski definition) is 3. The van der Waals surface area contributed by atoms with Crippen LogP contribution in [0.25, 0.3) is 0 Å². The minimum Gasteiger partial charge on any atom is -0.377 e. The lowest BCUT2D eigenvalue weighted by Gasteiger charge is -2.39. The largest absolute Gasteiger partial charge is 0.377 e. The van der Waals surface area contributed by atoms with E-state index in [0.29, 0.717) is 0 Å². The third-order valence-corrected chi connectivity index (χ3v) is 1.74. The van der Waals surface area contributed by atoms with E-state index in [1.807, 2.05) is 0 Å². The van der Waals surface area contributed by atoms with E-state index >= 15 is 0 Å². The zero-order valence-corrected chi connectivity index (χ0v) is 5.11. The van der Waals surface area contributed by atoms with Gasteiger partial charge in [-0.1, -0.05) is 6.92 Å². The lowest BCUT2D eigenvalue weighted by molar-refractivity contribution is -0.0760. The van der Waals surface area contributed by atoms with Crippen molar-refractivity contribution in [2.45, 2.75) is 18.9 Å². The molecule has 0 amide bonds. The van der Waals surface area contributed by atoms with Crippen molar-refractivity contribution < 1.29 is 4.74 Å². The fraction of sp³-hybridized carbons (Fsp3) is 1.00. The molecule has 0 aromatic heterocycles. The van der Waals surface area contributed by atoms with Gasteiger partial charge in [0.05, 0.1) is 18.8 Å². The van der Waals surface area contributed by atoms with Crippen molar-refractivity contribution in [2.24, 2.45) is 5.84 Å². The van der Waals surface area contributed by atoms with Crippen LogP contribution in [0.5, 0.6) is 0 Å². The molecule has 0 radical (unpaired) electrons. The maximum absolute atomic E-state index is 5.25. The number of nitrogens with two attached hydrogens (primary N) is 1. The van der Waals surface area contributed by atoms with Gasteiger partial charge in [-0.2, -0.15) is 0 Å². The van der Waals surface area contributed by atoms with Gasteiger partial charge in [0.1, 0.15) is 0 Å². The molecule has 3 N–H and O–H groups in total. The van der Waals surface area contributed by atoms with Crippen molar-refractivity contribution in [3.8, 4) is 0 Å². The van der Waals surface area contributed by atoms with Gasteiger partial charge in [0.25, 0.3) is 0 Å². The summed E-state index contributed by atoms with van der Waals surface area (Å²) in [4.78, 5) is 0. The number of rotatable bonds is 2. The van der Waals surface area contributed by atoms with E-state index in [1.165, 1.54) is 0 Å². The monoisotopic (exact) mass is 116 g/mol. The highest BCUT2D eigenvalue weighted by atomic mass is 16.5. The minimum absolute atomic E-state index is 0.111. The van der Waals surface area contributed by atoms with E-state index in [4.69, 9.17) is 10.6 Å². The van der Waals surface area contributed by atoms with Gasteiger partial charge in [0.15, 0.2) is 0 Å². The van der Waals surface area contributed by atoms with E-state index in [-0.39, 0.29) is 5.54 Å². The third-order valence-electron chi connectivity index (χ3n) is 1.74. The molecule has 0 aliphatic carbocycles. The molecule has 0 spiro atoms. The van der Waals surface area contributed by atoms with Crippen molar-refractivity contribution in [2.75, 3.05) is 13.2 Å². The molecule has 1 rings (SSSR count). The summed E-state index contributed by atoms with van der Waals surface area (Å²) >= 11 is 0. The van der Waals surface area contributed by atoms with Crippen LogP contribution >= 0.6 is 0 Å². The number of hydrazine groups is 1. The molecule has 8 heavy (non-hydrogen) atoms. The number of nitrogens with one attached hydrogen (secondary N) is 1. The van der Waals surface area contributed by atoms with Crippen LogP contribution in [0.15, 0.2) is 0 Å². The Morgan fingerprint density at radius 3 is 2.38 bits per heavy atom. The van der Waals surface area contributed by atoms with Gasteiger partial charge in [-0.05, 0) is 6.42 Å². The predicted molar refractivity (Wildman–Crippen MR) is 31.2 cm³/mol. The summed E-state index contributed by atoms with van der Waals surface area (Å²) in [5.41, 5.74) is 2.85. The van der Waals surface area contributed by atoms with Crippen molar-refractivity contribution in [3.63, 3.8) is 0 Å². The Kier molecular flexibility index (Phi) is 1.51. The summed E-state index contributed by atoms with van der Waals surface area (Å²) in [6, 6.07) is 0. The molecular weight excluding hydrogens is 104 g/mol. The molecule has 0 atom stereocenters. The molecule has 0 unspecified atom stereocenters. The summed E-state index contributed by atoms with van der Waals surface area (Å²) in [5.74, 6) is 5.25. The lowest BCUT2D eigenvalue weighted by atomic mass is 9.95. The normalized spacial score (nSPS) is 24.8. The summed E-state index contributed by atoms with van der Waals surface area (Å²) in [5, 5.41) is 0. The van der Waals surface area contributed by atoms with Crippen LogP contribution < -0.4 is 11.3 Å². The van der Waals surface area contributed by atoms with Gasteiger partial charge in [0.2, 0.25) is 0 Å². The van der Waals surface area contributed by atoms with E-state index in [9.17, 15) is 0 Å². The Balaban J connectivity index is 2.33. The minimum atomic E-state index is 0.111. The van der Waals surface area contributed by atoms with Crippen LogP contribution in [0.1, 0.15) is 13.3 Å². The van der Waals surface area contributed by atoms with Gasteiger partial charge in [-0.25, -0.2) is 5.43 Å². The first-order valence-electron chi connectivity index (χ1n) is 2.88. The Morgan fingerprint density at radius 2 is 2.38 bits per heavy atom. The highest BCUT2D eigenvalue weighted by molar-refractivity contribution is 4.90. The summed E-state index contributed by atoms with van der Waals surface area (Å²) in [6.45, 7) is 3.63. The molecule has 1 aliphatic heterocycles. The molecule has 3 heteroatoms. The Labute approximate surface area is 49.2 Å². The predicted octanol–water partition coefficient (Wildman–Crippen LogP) is -0.371. The van der Waals surface area contributed by atoms with Crippen LogP contribution in [-0.4, -0.2) is 18.8 Å². The highest BCUT2D eigenvalue weighted by Crippen LogP contribution is 2.18. The van der Waals surface area contributed by atoms with E-state index < -0.39 is 0 Å². The fourth-order valence-corrected chi connectivity index (χ4v) is 0.738. The summed E-state index contributed by atoms with van der Waals surface area (Å²) in [7, 11) is 0. The Bertz CT molecular complexity index is 67.0. The SMILES string of the molecule is CCC1(NN)COC1. The zero-order valence-electron chi connectivity index (χ0n) is 5.11. The average molecular weight is 116 g/mol. The summed E-state index contributed by atoms with van der Waals surface area (Å²) < 4.78 is 4.98. The van der Waals surface area contributed by atoms with E-state index in [2.05, 4.69) is 12.3 Å². The van der Waals surface area contributed by atoms with Crippen LogP contribution in [-0.2, 0) is 4.74 Å². The van der Waals surface area contributed by atoms with Crippen molar-refractivity contribution in [3.05, 3.63) is 0 Å². The van der Waals surface area contributed by atoms with E-state index in [0.717, 1.165) is 19.6 Å². The van der Waals surface area contributed by atoms with Crippen molar-refractivity contribution in [1.29, 1.82) is 0 Å². The molecule has 0 aromatic rings. The molecule has 48 valence electrons. The van der Waals surface area contributed by atoms with Gasteiger partial charge in [-0.15, -0.1) is 0 Å². The maximum atomic E-state index is 5.25. The van der Waals surface area contributed by atoms with Crippen LogP contribution in [0, 0.1) is 0 Å². The van der Waals surface area contributed by atoms with Crippen LogP contribution in [0.3, 0.4) is 0 Å². The molecule has 3 nitrogen and oxygen atoms in total. The second-order valence-corrected chi connectivity index (χ2v) is 2.27. The number of hydrogen-bond donors (Lipinski definition) is 2. The Morgan fingerprint density at radius 1 is 1.75 bits per heavy atom. The molecule has 1 aliphatic rings. The summed E-state index contributed by atoms with van der Waals surface area (Å²) in [6.07, 6.45) is 1.05. The topological polar surface area (TPSA) is 47.3 Å². The zero-order chi connectivity index (χ0) is 6.04. The lowest BCUT2D eigenvalue weighted by Crippen LogP contribution is -2.62. The molecule has 0 aromatic carbocycles. The van der Waals surface area contributed by atoms with Crippen molar-refractivity contribution >= 4 is 0 Å². The quantitative estimate of drug-likeness (QED) is 0.382. The number of ether oxygens (including phenoxy) is 1. The fourth-order valence-electron chi connectivity index (χ4n) is 0.738. The first-order valence-corrected chi connectivity index (χ1v) is 2.88. The molecular formula is C5H12N2O. The van der Waals surface area contributed by atoms with Gasteiger partial charge >= 0.3 is 0 Å². The average Bonchev–Trinajstić information content (AvgIpc) is 1.67.